The number of hydrogen-bond donors (Lipinski definition) is 2. The zero-order valence-corrected chi connectivity index (χ0v) is 15.5. The van der Waals surface area contributed by atoms with Gasteiger partial charge in [-0.05, 0) is 44.0 Å². The molecule has 138 valence electrons. The fraction of sp³-hybridized carbons (Fsp3) is 0.300. The summed E-state index contributed by atoms with van der Waals surface area (Å²) in [6, 6.07) is 10.4. The van der Waals surface area contributed by atoms with Crippen LogP contribution in [-0.2, 0) is 9.59 Å². The molecule has 2 aromatic carbocycles. The fourth-order valence-corrected chi connectivity index (χ4v) is 2.69. The molecule has 6 nitrogen and oxygen atoms in total. The molecule has 0 aliphatic rings. The lowest BCUT2D eigenvalue weighted by Gasteiger charge is -2.19. The maximum Gasteiger partial charge on any atom is 0.260 e. The molecule has 0 saturated carbocycles. The zero-order chi connectivity index (χ0) is 19.3. The first-order chi connectivity index (χ1) is 12.3. The van der Waals surface area contributed by atoms with Crippen LogP contribution in [0.25, 0.3) is 0 Å². The monoisotopic (exact) mass is 356 g/mol. The molecule has 0 aliphatic heterocycles. The van der Waals surface area contributed by atoms with Gasteiger partial charge in [-0.3, -0.25) is 9.59 Å². The molecular weight excluding hydrogens is 332 g/mol. The van der Waals surface area contributed by atoms with Crippen LogP contribution in [0.3, 0.4) is 0 Å². The largest absolute Gasteiger partial charge is 0.504 e. The molecule has 2 rings (SSSR count). The number of nitrogens with one attached hydrogen (secondary N) is 1. The van der Waals surface area contributed by atoms with E-state index in [1.54, 1.807) is 18.2 Å². The minimum Gasteiger partial charge on any atom is -0.504 e. The van der Waals surface area contributed by atoms with Crippen molar-refractivity contribution >= 4 is 17.5 Å². The van der Waals surface area contributed by atoms with Crippen molar-refractivity contribution < 1.29 is 19.4 Å². The minimum atomic E-state index is -0.360. The molecule has 0 unspecified atom stereocenters. The van der Waals surface area contributed by atoms with Gasteiger partial charge >= 0.3 is 0 Å². The Labute approximate surface area is 153 Å². The molecule has 2 aromatic rings. The number of rotatable bonds is 6. The zero-order valence-electron chi connectivity index (χ0n) is 15.5. The van der Waals surface area contributed by atoms with Crippen LogP contribution in [-0.4, -0.2) is 42.0 Å². The first kappa shape index (κ1) is 19.3. The van der Waals surface area contributed by atoms with Crippen molar-refractivity contribution in [3.05, 3.63) is 53.1 Å². The number of aryl methyl sites for hydroxylation is 3. The van der Waals surface area contributed by atoms with Crippen LogP contribution in [0.15, 0.2) is 36.4 Å². The molecule has 26 heavy (non-hydrogen) atoms. The van der Waals surface area contributed by atoms with Gasteiger partial charge in [-0.25, -0.2) is 0 Å². The van der Waals surface area contributed by atoms with Gasteiger partial charge < -0.3 is 20.1 Å². The summed E-state index contributed by atoms with van der Waals surface area (Å²) in [5, 5.41) is 12.5. The maximum absolute atomic E-state index is 12.3. The number of likely N-dealkylation sites (N-methyl/N-ethyl adjacent to an activating group) is 1. The summed E-state index contributed by atoms with van der Waals surface area (Å²) in [5.74, 6) is -0.449. The van der Waals surface area contributed by atoms with Gasteiger partial charge in [0.25, 0.3) is 5.91 Å². The van der Waals surface area contributed by atoms with Crippen LogP contribution in [0.4, 0.5) is 5.69 Å². The molecule has 0 atom stereocenters. The van der Waals surface area contributed by atoms with Crippen molar-refractivity contribution in [3.8, 4) is 11.5 Å². The number of phenols is 1. The molecule has 0 spiro atoms. The van der Waals surface area contributed by atoms with E-state index in [4.69, 9.17) is 4.74 Å². The SMILES string of the molecule is Cc1cc(C)c(NC(=O)CN(C)C(=O)COc2ccccc2O)c(C)c1. The second-order valence-corrected chi connectivity index (χ2v) is 6.33. The number of phenolic OH excluding ortho intramolecular Hbond substituents is 1. The Balaban J connectivity index is 1.90. The van der Waals surface area contributed by atoms with Crippen LogP contribution < -0.4 is 10.1 Å². The number of hydrogen-bond acceptors (Lipinski definition) is 4. The van der Waals surface area contributed by atoms with E-state index in [1.165, 1.54) is 18.0 Å². The third-order valence-electron chi connectivity index (χ3n) is 3.96. The second-order valence-electron chi connectivity index (χ2n) is 6.33. The highest BCUT2D eigenvalue weighted by atomic mass is 16.5. The third kappa shape index (κ3) is 4.99. The van der Waals surface area contributed by atoms with Crippen molar-refractivity contribution in [2.75, 3.05) is 25.5 Å². The van der Waals surface area contributed by atoms with E-state index in [9.17, 15) is 14.7 Å². The van der Waals surface area contributed by atoms with Crippen molar-refractivity contribution in [3.63, 3.8) is 0 Å². The van der Waals surface area contributed by atoms with E-state index in [-0.39, 0.29) is 36.5 Å². The first-order valence-corrected chi connectivity index (χ1v) is 8.30. The van der Waals surface area contributed by atoms with Gasteiger partial charge in [0.15, 0.2) is 18.1 Å². The molecule has 0 saturated heterocycles. The van der Waals surface area contributed by atoms with E-state index < -0.39 is 0 Å². The van der Waals surface area contributed by atoms with Gasteiger partial charge in [0.05, 0.1) is 6.54 Å². The molecular formula is C20H24N2O4. The second kappa shape index (κ2) is 8.38. The predicted molar refractivity (Wildman–Crippen MR) is 101 cm³/mol. The Kier molecular flexibility index (Phi) is 6.22. The van der Waals surface area contributed by atoms with Crippen LogP contribution in [0.5, 0.6) is 11.5 Å². The Bertz CT molecular complexity index is 794. The van der Waals surface area contributed by atoms with Gasteiger partial charge in [-0.2, -0.15) is 0 Å². The summed E-state index contributed by atoms with van der Waals surface area (Å²) >= 11 is 0. The number of amides is 2. The normalized spacial score (nSPS) is 10.3. The number of anilines is 1. The lowest BCUT2D eigenvalue weighted by Crippen LogP contribution is -2.37. The Morgan fingerprint density at radius 1 is 1.12 bits per heavy atom. The summed E-state index contributed by atoms with van der Waals surface area (Å²) in [6.45, 7) is 5.53. The summed E-state index contributed by atoms with van der Waals surface area (Å²) in [5.41, 5.74) is 3.86. The number of benzene rings is 2. The number of carbonyl (C=O) groups is 2. The molecule has 2 amide bonds. The quantitative estimate of drug-likeness (QED) is 0.834. The summed E-state index contributed by atoms with van der Waals surface area (Å²) in [4.78, 5) is 25.7. The van der Waals surface area contributed by atoms with E-state index >= 15 is 0 Å². The standard InChI is InChI=1S/C20H24N2O4/c1-13-9-14(2)20(15(3)10-13)21-18(24)11-22(4)19(25)12-26-17-8-6-5-7-16(17)23/h5-10,23H,11-12H2,1-4H3,(H,21,24). The highest BCUT2D eigenvalue weighted by Gasteiger charge is 2.16. The number of carbonyl (C=O) groups excluding carboxylic acids is 2. The Morgan fingerprint density at radius 3 is 2.35 bits per heavy atom. The average Bonchev–Trinajstić information content (AvgIpc) is 2.57. The molecule has 2 N–H and O–H groups in total. The van der Waals surface area contributed by atoms with Crippen molar-refractivity contribution in [2.24, 2.45) is 0 Å². The van der Waals surface area contributed by atoms with E-state index in [1.807, 2.05) is 32.9 Å². The van der Waals surface area contributed by atoms with Crippen LogP contribution in [0.2, 0.25) is 0 Å². The number of nitrogens with zero attached hydrogens (tertiary/aromatic N) is 1. The highest BCUT2D eigenvalue weighted by molar-refractivity contribution is 5.95. The van der Waals surface area contributed by atoms with Crippen molar-refractivity contribution in [1.29, 1.82) is 0 Å². The minimum absolute atomic E-state index is 0.0361. The highest BCUT2D eigenvalue weighted by Crippen LogP contribution is 2.24. The van der Waals surface area contributed by atoms with Crippen molar-refractivity contribution in [2.45, 2.75) is 20.8 Å². The van der Waals surface area contributed by atoms with Gasteiger partial charge in [0, 0.05) is 12.7 Å². The average molecular weight is 356 g/mol. The summed E-state index contributed by atoms with van der Waals surface area (Å²) in [6.07, 6.45) is 0. The van der Waals surface area contributed by atoms with Gasteiger partial charge in [0.1, 0.15) is 0 Å². The molecule has 0 radical (unpaired) electrons. The molecule has 0 fully saturated rings. The topological polar surface area (TPSA) is 78.9 Å². The van der Waals surface area contributed by atoms with Crippen molar-refractivity contribution in [1.82, 2.24) is 4.90 Å². The molecule has 0 aromatic heterocycles. The van der Waals surface area contributed by atoms with Crippen LogP contribution in [0, 0.1) is 20.8 Å². The Morgan fingerprint density at radius 2 is 1.73 bits per heavy atom. The van der Waals surface area contributed by atoms with Gasteiger partial charge in [0.2, 0.25) is 5.91 Å². The van der Waals surface area contributed by atoms with E-state index in [0.717, 1.165) is 22.4 Å². The summed E-state index contributed by atoms with van der Waals surface area (Å²) < 4.78 is 5.30. The molecule has 6 heteroatoms. The maximum atomic E-state index is 12.3. The molecule has 0 aliphatic carbocycles. The van der Waals surface area contributed by atoms with Gasteiger partial charge in [-0.15, -0.1) is 0 Å². The lowest BCUT2D eigenvalue weighted by molar-refractivity contribution is -0.135. The fourth-order valence-electron chi connectivity index (χ4n) is 2.69. The Hall–Kier alpha value is -3.02. The van der Waals surface area contributed by atoms with E-state index in [2.05, 4.69) is 5.32 Å². The van der Waals surface area contributed by atoms with E-state index in [0.29, 0.717) is 0 Å². The van der Waals surface area contributed by atoms with Crippen LogP contribution >= 0.6 is 0 Å². The third-order valence-corrected chi connectivity index (χ3v) is 3.96. The molecule has 0 bridgehead atoms. The predicted octanol–water partition coefficient (Wildman–Crippen LogP) is 2.79. The smallest absolute Gasteiger partial charge is 0.260 e. The summed E-state index contributed by atoms with van der Waals surface area (Å²) in [7, 11) is 1.53. The lowest BCUT2D eigenvalue weighted by atomic mass is 10.1. The number of ether oxygens (including phenoxy) is 1. The first-order valence-electron chi connectivity index (χ1n) is 8.30. The number of para-hydroxylation sites is 2. The number of aromatic hydroxyl groups is 1. The van der Waals surface area contributed by atoms with Gasteiger partial charge in [-0.1, -0.05) is 29.8 Å². The molecule has 0 heterocycles. The van der Waals surface area contributed by atoms with Crippen LogP contribution in [0.1, 0.15) is 16.7 Å².